The average molecular weight is 340 g/mol. The summed E-state index contributed by atoms with van der Waals surface area (Å²) in [6.07, 6.45) is 1.70. The molecule has 1 atom stereocenters. The molecule has 98 valence electrons. The fourth-order valence-corrected chi connectivity index (χ4v) is 2.05. The van der Waals surface area contributed by atoms with E-state index in [1.54, 1.807) is 24.4 Å². The van der Waals surface area contributed by atoms with E-state index in [4.69, 9.17) is 11.6 Å². The minimum Gasteiger partial charge on any atom is -0.344 e. The van der Waals surface area contributed by atoms with Crippen LogP contribution in [0.25, 0.3) is 0 Å². The number of benzene rings is 1. The van der Waals surface area contributed by atoms with Crippen molar-refractivity contribution in [2.75, 3.05) is 0 Å². The van der Waals surface area contributed by atoms with Crippen molar-refractivity contribution >= 4 is 33.4 Å². The van der Waals surface area contributed by atoms with E-state index in [9.17, 15) is 4.79 Å². The van der Waals surface area contributed by atoms with Crippen molar-refractivity contribution in [2.24, 2.45) is 0 Å². The van der Waals surface area contributed by atoms with Crippen LogP contribution in [0.2, 0.25) is 5.02 Å². The Kier molecular flexibility index (Phi) is 4.56. The molecule has 0 fully saturated rings. The number of pyridine rings is 1. The molecule has 1 aromatic carbocycles. The summed E-state index contributed by atoms with van der Waals surface area (Å²) in [6.45, 7) is 1.89. The summed E-state index contributed by atoms with van der Waals surface area (Å²) in [5.41, 5.74) is 1.34. The van der Waals surface area contributed by atoms with Gasteiger partial charge in [-0.3, -0.25) is 9.78 Å². The number of rotatable bonds is 3. The maximum atomic E-state index is 12.1. The number of hydrogen-bond donors (Lipinski definition) is 1. The molecule has 1 unspecified atom stereocenters. The van der Waals surface area contributed by atoms with Crippen LogP contribution in [0.3, 0.4) is 0 Å². The van der Waals surface area contributed by atoms with Gasteiger partial charge < -0.3 is 5.32 Å². The first-order valence-corrected chi connectivity index (χ1v) is 6.92. The van der Waals surface area contributed by atoms with Crippen LogP contribution in [0.15, 0.2) is 47.1 Å². The molecule has 0 saturated heterocycles. The zero-order valence-corrected chi connectivity index (χ0v) is 12.6. The smallest absolute Gasteiger partial charge is 0.251 e. The van der Waals surface area contributed by atoms with Gasteiger partial charge in [-0.15, -0.1) is 0 Å². The molecule has 0 saturated carbocycles. The predicted molar refractivity (Wildman–Crippen MR) is 79.3 cm³/mol. The molecule has 0 aliphatic carbocycles. The monoisotopic (exact) mass is 338 g/mol. The SMILES string of the molecule is CC(NC(=O)c1ccc(Br)c(Cl)c1)c1ccccn1. The second-order valence-corrected chi connectivity index (χ2v) is 5.34. The molecule has 2 rings (SSSR count). The van der Waals surface area contributed by atoms with Crippen molar-refractivity contribution in [2.45, 2.75) is 13.0 Å². The summed E-state index contributed by atoms with van der Waals surface area (Å²) in [5.74, 6) is -0.174. The first kappa shape index (κ1) is 14.0. The predicted octanol–water partition coefficient (Wildman–Crippen LogP) is 3.99. The number of nitrogens with one attached hydrogen (secondary N) is 1. The van der Waals surface area contributed by atoms with Crippen LogP contribution in [0, 0.1) is 0 Å². The Bertz CT molecular complexity index is 589. The highest BCUT2D eigenvalue weighted by Gasteiger charge is 2.13. The third-order valence-corrected chi connectivity index (χ3v) is 3.89. The van der Waals surface area contributed by atoms with Gasteiger partial charge in [0.2, 0.25) is 0 Å². The quantitative estimate of drug-likeness (QED) is 0.918. The minimum atomic E-state index is -0.174. The molecule has 0 radical (unpaired) electrons. The van der Waals surface area contributed by atoms with Crippen molar-refractivity contribution in [3.63, 3.8) is 0 Å². The van der Waals surface area contributed by atoms with E-state index in [2.05, 4.69) is 26.2 Å². The lowest BCUT2D eigenvalue weighted by atomic mass is 10.1. The van der Waals surface area contributed by atoms with E-state index in [0.29, 0.717) is 10.6 Å². The van der Waals surface area contributed by atoms with E-state index in [1.807, 2.05) is 25.1 Å². The minimum absolute atomic E-state index is 0.156. The lowest BCUT2D eigenvalue weighted by Gasteiger charge is -2.13. The Morgan fingerprint density at radius 3 is 2.79 bits per heavy atom. The van der Waals surface area contributed by atoms with Gasteiger partial charge in [-0.25, -0.2) is 0 Å². The highest BCUT2D eigenvalue weighted by molar-refractivity contribution is 9.10. The van der Waals surface area contributed by atoms with Crippen LogP contribution < -0.4 is 5.32 Å². The van der Waals surface area contributed by atoms with Gasteiger partial charge >= 0.3 is 0 Å². The van der Waals surface area contributed by atoms with Crippen LogP contribution >= 0.6 is 27.5 Å². The Morgan fingerprint density at radius 2 is 2.16 bits per heavy atom. The van der Waals surface area contributed by atoms with Crippen LogP contribution in [-0.4, -0.2) is 10.9 Å². The van der Waals surface area contributed by atoms with E-state index >= 15 is 0 Å². The van der Waals surface area contributed by atoms with Crippen LogP contribution in [-0.2, 0) is 0 Å². The van der Waals surface area contributed by atoms with E-state index in [-0.39, 0.29) is 11.9 Å². The number of carbonyl (C=O) groups is 1. The Hall–Kier alpha value is -1.39. The average Bonchev–Trinajstić information content (AvgIpc) is 2.42. The molecule has 0 spiro atoms. The largest absolute Gasteiger partial charge is 0.344 e. The maximum Gasteiger partial charge on any atom is 0.251 e. The Labute approximate surface area is 125 Å². The van der Waals surface area contributed by atoms with Crippen LogP contribution in [0.4, 0.5) is 0 Å². The van der Waals surface area contributed by atoms with E-state index < -0.39 is 0 Å². The normalized spacial score (nSPS) is 11.9. The third kappa shape index (κ3) is 3.55. The summed E-state index contributed by atoms with van der Waals surface area (Å²) in [6, 6.07) is 10.6. The third-order valence-electron chi connectivity index (χ3n) is 2.66. The summed E-state index contributed by atoms with van der Waals surface area (Å²) in [4.78, 5) is 16.3. The first-order chi connectivity index (χ1) is 9.08. The van der Waals surface area contributed by atoms with Gasteiger partial charge in [0.05, 0.1) is 16.8 Å². The summed E-state index contributed by atoms with van der Waals surface area (Å²) >= 11 is 9.26. The van der Waals surface area contributed by atoms with Gasteiger partial charge in [0, 0.05) is 16.2 Å². The van der Waals surface area contributed by atoms with Gasteiger partial charge in [-0.2, -0.15) is 0 Å². The van der Waals surface area contributed by atoms with Gasteiger partial charge in [0.15, 0.2) is 0 Å². The molecule has 5 heteroatoms. The molecular weight excluding hydrogens is 328 g/mol. The molecule has 0 aliphatic heterocycles. The molecule has 1 heterocycles. The topological polar surface area (TPSA) is 42.0 Å². The van der Waals surface area contributed by atoms with Crippen molar-refractivity contribution in [3.05, 3.63) is 63.3 Å². The summed E-state index contributed by atoms with van der Waals surface area (Å²) in [7, 11) is 0. The zero-order chi connectivity index (χ0) is 13.8. The molecule has 1 aromatic heterocycles. The molecule has 3 nitrogen and oxygen atoms in total. The van der Waals surface area contributed by atoms with Gasteiger partial charge in [0.1, 0.15) is 0 Å². The van der Waals surface area contributed by atoms with Gasteiger partial charge in [-0.05, 0) is 53.2 Å². The zero-order valence-electron chi connectivity index (χ0n) is 10.2. The Morgan fingerprint density at radius 1 is 1.37 bits per heavy atom. The fraction of sp³-hybridized carbons (Fsp3) is 0.143. The number of amides is 1. The van der Waals surface area contributed by atoms with Crippen molar-refractivity contribution < 1.29 is 4.79 Å². The first-order valence-electron chi connectivity index (χ1n) is 5.75. The number of halogens is 2. The second kappa shape index (κ2) is 6.17. The standard InChI is InChI=1S/C14H12BrClN2O/c1-9(13-4-2-3-7-17-13)18-14(19)10-5-6-11(15)12(16)8-10/h2-9H,1H3,(H,18,19). The number of aromatic nitrogens is 1. The second-order valence-electron chi connectivity index (χ2n) is 4.08. The number of nitrogens with zero attached hydrogens (tertiary/aromatic N) is 1. The van der Waals surface area contributed by atoms with Crippen LogP contribution in [0.5, 0.6) is 0 Å². The molecule has 1 amide bonds. The number of carbonyl (C=O) groups excluding carboxylic acids is 1. The molecular formula is C14H12BrClN2O. The Balaban J connectivity index is 2.11. The molecule has 1 N–H and O–H groups in total. The molecule has 0 aliphatic rings. The van der Waals surface area contributed by atoms with Gasteiger partial charge in [-0.1, -0.05) is 17.7 Å². The van der Waals surface area contributed by atoms with E-state index in [1.165, 1.54) is 0 Å². The summed E-state index contributed by atoms with van der Waals surface area (Å²) in [5, 5.41) is 3.40. The molecule has 19 heavy (non-hydrogen) atoms. The van der Waals surface area contributed by atoms with Crippen molar-refractivity contribution in [3.8, 4) is 0 Å². The van der Waals surface area contributed by atoms with E-state index in [0.717, 1.165) is 10.2 Å². The summed E-state index contributed by atoms with van der Waals surface area (Å²) < 4.78 is 0.767. The van der Waals surface area contributed by atoms with Crippen LogP contribution in [0.1, 0.15) is 29.0 Å². The highest BCUT2D eigenvalue weighted by atomic mass is 79.9. The van der Waals surface area contributed by atoms with Gasteiger partial charge in [0.25, 0.3) is 5.91 Å². The number of hydrogen-bond acceptors (Lipinski definition) is 2. The van der Waals surface area contributed by atoms with Crippen molar-refractivity contribution in [1.29, 1.82) is 0 Å². The van der Waals surface area contributed by atoms with Crippen molar-refractivity contribution in [1.82, 2.24) is 10.3 Å². The highest BCUT2D eigenvalue weighted by Crippen LogP contribution is 2.23. The lowest BCUT2D eigenvalue weighted by Crippen LogP contribution is -2.27. The molecule has 0 bridgehead atoms. The maximum absolute atomic E-state index is 12.1. The molecule has 2 aromatic rings. The lowest BCUT2D eigenvalue weighted by molar-refractivity contribution is 0.0939. The fourth-order valence-electron chi connectivity index (χ4n) is 1.62.